The fraction of sp³-hybridized carbons (Fsp3) is 0.263. The normalized spacial score (nSPS) is 12.5. The number of benzene rings is 1. The Kier molecular flexibility index (Phi) is 4.74. The predicted molar refractivity (Wildman–Crippen MR) is 105 cm³/mol. The zero-order valence-corrected chi connectivity index (χ0v) is 15.4. The van der Waals surface area contributed by atoms with Gasteiger partial charge in [-0.25, -0.2) is 19.3 Å². The molecule has 0 spiro atoms. The smallest absolute Gasteiger partial charge is 0.166 e. The van der Waals surface area contributed by atoms with Gasteiger partial charge in [0, 0.05) is 12.7 Å². The van der Waals surface area contributed by atoms with Gasteiger partial charge < -0.3 is 16.0 Å². The zero-order chi connectivity index (χ0) is 19.7. The molecule has 28 heavy (non-hydrogen) atoms. The molecule has 0 bridgehead atoms. The largest absolute Gasteiger partial charge is 0.382 e. The Morgan fingerprint density at radius 2 is 2.07 bits per heavy atom. The number of fused-ring (bicyclic) bond motifs is 1. The first-order valence-electron chi connectivity index (χ1n) is 9.10. The number of aromatic nitrogens is 6. The number of nitrogens with one attached hydrogen (secondary N) is 1. The Labute approximate surface area is 160 Å². The zero-order valence-electron chi connectivity index (χ0n) is 15.4. The van der Waals surface area contributed by atoms with Gasteiger partial charge in [-0.3, -0.25) is 5.10 Å². The number of halogens is 1. The Bertz CT molecular complexity index is 1100. The van der Waals surface area contributed by atoms with Gasteiger partial charge in [0.05, 0.1) is 6.04 Å². The minimum Gasteiger partial charge on any atom is -0.382 e. The van der Waals surface area contributed by atoms with Crippen molar-refractivity contribution in [3.8, 4) is 11.5 Å². The molecule has 1 unspecified atom stereocenters. The maximum Gasteiger partial charge on any atom is 0.166 e. The lowest BCUT2D eigenvalue weighted by Crippen LogP contribution is -2.18. The molecule has 3 heterocycles. The minimum absolute atomic E-state index is 0.265. The van der Waals surface area contributed by atoms with Gasteiger partial charge in [0.15, 0.2) is 22.8 Å². The summed E-state index contributed by atoms with van der Waals surface area (Å²) in [4.78, 5) is 13.6. The van der Waals surface area contributed by atoms with E-state index >= 15 is 0 Å². The first-order valence-corrected chi connectivity index (χ1v) is 9.10. The molecule has 0 fully saturated rings. The van der Waals surface area contributed by atoms with Crippen molar-refractivity contribution in [2.24, 2.45) is 5.73 Å². The fourth-order valence-corrected chi connectivity index (χ4v) is 3.23. The Morgan fingerprint density at radius 1 is 1.21 bits per heavy atom. The van der Waals surface area contributed by atoms with Crippen LogP contribution >= 0.6 is 0 Å². The molecule has 0 radical (unpaired) electrons. The highest BCUT2D eigenvalue weighted by Crippen LogP contribution is 2.27. The summed E-state index contributed by atoms with van der Waals surface area (Å²) >= 11 is 0. The highest BCUT2D eigenvalue weighted by atomic mass is 19.1. The molecule has 4 aromatic rings. The number of imidazole rings is 1. The number of H-pyrrole nitrogens is 1. The number of rotatable bonds is 6. The predicted octanol–water partition coefficient (Wildman–Crippen LogP) is 2.59. The van der Waals surface area contributed by atoms with Gasteiger partial charge in [-0.2, -0.15) is 5.10 Å². The molecule has 144 valence electrons. The van der Waals surface area contributed by atoms with Crippen molar-refractivity contribution >= 4 is 17.0 Å². The maximum absolute atomic E-state index is 13.5. The van der Waals surface area contributed by atoms with Crippen LogP contribution in [0.3, 0.4) is 0 Å². The molecule has 4 rings (SSSR count). The molecule has 5 N–H and O–H groups in total. The van der Waals surface area contributed by atoms with Crippen molar-refractivity contribution in [3.05, 3.63) is 53.7 Å². The second kappa shape index (κ2) is 7.35. The van der Waals surface area contributed by atoms with Crippen LogP contribution in [0, 0.1) is 5.82 Å². The average Bonchev–Trinajstić information content (AvgIpc) is 3.30. The number of hydrogen-bond acceptors (Lipinski definition) is 6. The van der Waals surface area contributed by atoms with Gasteiger partial charge in [-0.1, -0.05) is 19.1 Å². The van der Waals surface area contributed by atoms with E-state index in [0.29, 0.717) is 41.5 Å². The number of nitrogens with two attached hydrogens (primary N) is 2. The van der Waals surface area contributed by atoms with E-state index in [9.17, 15) is 4.39 Å². The lowest BCUT2D eigenvalue weighted by atomic mass is 10.1. The van der Waals surface area contributed by atoms with Gasteiger partial charge in [0.2, 0.25) is 0 Å². The Hall–Kier alpha value is -3.33. The molecule has 8 nitrogen and oxygen atoms in total. The monoisotopic (exact) mass is 380 g/mol. The lowest BCUT2D eigenvalue weighted by molar-refractivity contribution is 0.618. The molecule has 9 heteroatoms. The Balaban J connectivity index is 1.77. The van der Waals surface area contributed by atoms with Crippen molar-refractivity contribution in [3.63, 3.8) is 0 Å². The number of nitrogens with zero attached hydrogens (tertiary/aromatic N) is 5. The van der Waals surface area contributed by atoms with Crippen molar-refractivity contribution in [2.75, 3.05) is 5.73 Å². The summed E-state index contributed by atoms with van der Waals surface area (Å²) < 4.78 is 15.4. The summed E-state index contributed by atoms with van der Waals surface area (Å²) in [7, 11) is 0. The van der Waals surface area contributed by atoms with E-state index in [0.717, 1.165) is 12.0 Å². The number of aryl methyl sites for hydroxylation is 1. The van der Waals surface area contributed by atoms with Gasteiger partial charge in [-0.15, -0.1) is 0 Å². The van der Waals surface area contributed by atoms with Crippen LogP contribution in [0.2, 0.25) is 0 Å². The molecule has 0 aliphatic rings. The van der Waals surface area contributed by atoms with E-state index in [1.807, 2.05) is 16.7 Å². The first-order chi connectivity index (χ1) is 13.6. The quantitative estimate of drug-likeness (QED) is 0.472. The maximum atomic E-state index is 13.5. The van der Waals surface area contributed by atoms with Crippen LogP contribution in [0.15, 0.2) is 36.5 Å². The van der Waals surface area contributed by atoms with Crippen LogP contribution in [0.5, 0.6) is 0 Å². The standard InChI is InChI=1S/C19H21FN8/c1-2-8-28-18(14-6-7-23-27-14)24-15-16(22)25-17(26-19(15)28)13(21)10-11-4-3-5-12(20)9-11/h3-7,9,13H,2,8,10,21H2,1H3,(H,23,27)(H2,22,25,26). The fourth-order valence-electron chi connectivity index (χ4n) is 3.23. The van der Waals surface area contributed by atoms with Gasteiger partial charge in [0.25, 0.3) is 0 Å². The van der Waals surface area contributed by atoms with Crippen LogP contribution in [-0.2, 0) is 13.0 Å². The summed E-state index contributed by atoms with van der Waals surface area (Å²) in [5.41, 5.74) is 15.1. The lowest BCUT2D eigenvalue weighted by Gasteiger charge is -2.12. The molecule has 0 aliphatic carbocycles. The third kappa shape index (κ3) is 3.31. The van der Waals surface area contributed by atoms with Gasteiger partial charge in [0.1, 0.15) is 17.3 Å². The molecule has 1 atom stereocenters. The van der Waals surface area contributed by atoms with Crippen LogP contribution in [0.1, 0.15) is 30.8 Å². The third-order valence-corrected chi connectivity index (χ3v) is 4.49. The van der Waals surface area contributed by atoms with Crippen LogP contribution < -0.4 is 11.5 Å². The van der Waals surface area contributed by atoms with E-state index in [1.165, 1.54) is 12.1 Å². The molecule has 0 aliphatic heterocycles. The van der Waals surface area contributed by atoms with Gasteiger partial charge >= 0.3 is 0 Å². The average molecular weight is 380 g/mol. The van der Waals surface area contributed by atoms with Crippen molar-refractivity contribution in [2.45, 2.75) is 32.4 Å². The number of hydrogen-bond donors (Lipinski definition) is 3. The molecule has 0 saturated carbocycles. The number of nitrogen functional groups attached to an aromatic ring is 1. The van der Waals surface area contributed by atoms with Crippen LogP contribution in [0.4, 0.5) is 10.2 Å². The van der Waals surface area contributed by atoms with Crippen LogP contribution in [0.25, 0.3) is 22.7 Å². The van der Waals surface area contributed by atoms with Gasteiger partial charge in [-0.05, 0) is 36.6 Å². The van der Waals surface area contributed by atoms with E-state index in [1.54, 1.807) is 12.3 Å². The summed E-state index contributed by atoms with van der Waals surface area (Å²) in [6.07, 6.45) is 3.02. The van der Waals surface area contributed by atoms with E-state index in [2.05, 4.69) is 32.1 Å². The Morgan fingerprint density at radius 3 is 2.79 bits per heavy atom. The molecule has 1 aromatic carbocycles. The summed E-state index contributed by atoms with van der Waals surface area (Å²) in [5, 5.41) is 7.02. The minimum atomic E-state index is -0.521. The molecule has 0 amide bonds. The molecular formula is C19H21FN8. The molecule has 3 aromatic heterocycles. The molecule has 0 saturated heterocycles. The first kappa shape index (κ1) is 18.1. The van der Waals surface area contributed by atoms with Crippen molar-refractivity contribution < 1.29 is 4.39 Å². The van der Waals surface area contributed by atoms with E-state index in [4.69, 9.17) is 11.5 Å². The highest BCUT2D eigenvalue weighted by molar-refractivity contribution is 5.85. The van der Waals surface area contributed by atoms with Crippen LogP contribution in [-0.4, -0.2) is 29.7 Å². The summed E-state index contributed by atoms with van der Waals surface area (Å²) in [5.74, 6) is 1.04. The second-order valence-electron chi connectivity index (χ2n) is 6.63. The SMILES string of the molecule is CCCn1c(-c2cc[nH]n2)nc2c(N)nc(C(N)Cc3cccc(F)c3)nc21. The molecular weight excluding hydrogens is 359 g/mol. The van der Waals surface area contributed by atoms with Crippen molar-refractivity contribution in [1.82, 2.24) is 29.7 Å². The number of aromatic amines is 1. The van der Waals surface area contributed by atoms with E-state index < -0.39 is 6.04 Å². The van der Waals surface area contributed by atoms with Crippen molar-refractivity contribution in [1.29, 1.82) is 0 Å². The summed E-state index contributed by atoms with van der Waals surface area (Å²) in [6, 6.07) is 7.65. The van der Waals surface area contributed by atoms with E-state index in [-0.39, 0.29) is 11.6 Å². The summed E-state index contributed by atoms with van der Waals surface area (Å²) in [6.45, 7) is 2.77. The topological polar surface area (TPSA) is 124 Å². The second-order valence-corrected chi connectivity index (χ2v) is 6.63. The number of anilines is 1. The third-order valence-electron chi connectivity index (χ3n) is 4.49. The highest BCUT2D eigenvalue weighted by Gasteiger charge is 2.21.